The van der Waals surface area contributed by atoms with Crippen molar-refractivity contribution >= 4 is 0 Å². The van der Waals surface area contributed by atoms with E-state index in [1.165, 1.54) is 0 Å². The number of nitrogens with two attached hydrogens (primary N) is 1. The van der Waals surface area contributed by atoms with E-state index in [4.69, 9.17) is 5.73 Å². The number of halogens is 2. The van der Waals surface area contributed by atoms with E-state index in [2.05, 4.69) is 0 Å². The normalized spacial score (nSPS) is 36.0. The molecule has 0 bridgehead atoms. The molecule has 0 aromatic carbocycles. The molecule has 1 unspecified atom stereocenters. The van der Waals surface area contributed by atoms with Crippen molar-refractivity contribution in [1.82, 2.24) is 0 Å². The summed E-state index contributed by atoms with van der Waals surface area (Å²) in [5, 5.41) is 0. The number of alkyl halides is 2. The van der Waals surface area contributed by atoms with Gasteiger partial charge in [-0.1, -0.05) is 19.8 Å². The van der Waals surface area contributed by atoms with Crippen molar-refractivity contribution < 1.29 is 8.78 Å². The topological polar surface area (TPSA) is 26.0 Å². The van der Waals surface area contributed by atoms with E-state index in [9.17, 15) is 8.78 Å². The van der Waals surface area contributed by atoms with Crippen molar-refractivity contribution in [2.24, 2.45) is 5.73 Å². The minimum Gasteiger partial charge on any atom is -0.320 e. The SMILES string of the molecule is CCCCC1(N)CC1(F)F. The van der Waals surface area contributed by atoms with Gasteiger partial charge in [0.05, 0.1) is 5.54 Å². The molecular formula is C7H13F2N. The van der Waals surface area contributed by atoms with Crippen molar-refractivity contribution in [3.8, 4) is 0 Å². The molecule has 60 valence electrons. The number of rotatable bonds is 3. The maximum atomic E-state index is 12.4. The van der Waals surface area contributed by atoms with Gasteiger partial charge in [-0.25, -0.2) is 8.78 Å². The number of hydrogen-bond acceptors (Lipinski definition) is 1. The van der Waals surface area contributed by atoms with Gasteiger partial charge in [-0.3, -0.25) is 0 Å². The van der Waals surface area contributed by atoms with Crippen molar-refractivity contribution in [1.29, 1.82) is 0 Å². The molecule has 1 saturated carbocycles. The summed E-state index contributed by atoms with van der Waals surface area (Å²) in [5.41, 5.74) is 4.22. The Morgan fingerprint density at radius 3 is 2.30 bits per heavy atom. The molecule has 0 spiro atoms. The Bertz CT molecular complexity index is 136. The third-order valence-electron chi connectivity index (χ3n) is 2.12. The molecule has 2 N–H and O–H groups in total. The molecular weight excluding hydrogens is 136 g/mol. The van der Waals surface area contributed by atoms with Crippen LogP contribution in [0, 0.1) is 0 Å². The molecule has 0 aliphatic heterocycles. The minimum absolute atomic E-state index is 0.111. The Morgan fingerprint density at radius 1 is 1.50 bits per heavy atom. The highest BCUT2D eigenvalue weighted by atomic mass is 19.3. The Kier molecular flexibility index (Phi) is 1.71. The first kappa shape index (κ1) is 7.92. The van der Waals surface area contributed by atoms with E-state index in [1.54, 1.807) is 0 Å². The first-order valence-electron chi connectivity index (χ1n) is 3.68. The molecule has 0 heterocycles. The monoisotopic (exact) mass is 149 g/mol. The summed E-state index contributed by atoms with van der Waals surface area (Å²) in [6.07, 6.45) is 2.11. The first-order valence-corrected chi connectivity index (χ1v) is 3.68. The smallest absolute Gasteiger partial charge is 0.267 e. The molecule has 1 atom stereocenters. The van der Waals surface area contributed by atoms with Crippen LogP contribution in [-0.2, 0) is 0 Å². The van der Waals surface area contributed by atoms with Gasteiger partial charge in [-0.15, -0.1) is 0 Å². The van der Waals surface area contributed by atoms with Gasteiger partial charge in [0.25, 0.3) is 5.92 Å². The average molecular weight is 149 g/mol. The molecule has 1 rings (SSSR count). The summed E-state index contributed by atoms with van der Waals surface area (Å²) < 4.78 is 24.8. The second kappa shape index (κ2) is 2.16. The highest BCUT2D eigenvalue weighted by molar-refractivity contribution is 5.15. The lowest BCUT2D eigenvalue weighted by molar-refractivity contribution is 0.0866. The maximum absolute atomic E-state index is 12.4. The molecule has 0 radical (unpaired) electrons. The van der Waals surface area contributed by atoms with Crippen LogP contribution < -0.4 is 5.73 Å². The van der Waals surface area contributed by atoms with Gasteiger partial charge >= 0.3 is 0 Å². The Hall–Kier alpha value is -0.180. The van der Waals surface area contributed by atoms with Gasteiger partial charge in [-0.05, 0) is 6.42 Å². The minimum atomic E-state index is -2.57. The second-order valence-electron chi connectivity index (χ2n) is 3.14. The van der Waals surface area contributed by atoms with E-state index in [-0.39, 0.29) is 6.42 Å². The van der Waals surface area contributed by atoms with Crippen LogP contribution in [0.1, 0.15) is 32.6 Å². The zero-order valence-electron chi connectivity index (χ0n) is 6.16. The van der Waals surface area contributed by atoms with E-state index in [0.29, 0.717) is 6.42 Å². The van der Waals surface area contributed by atoms with E-state index >= 15 is 0 Å². The lowest BCUT2D eigenvalue weighted by atomic mass is 10.1. The molecule has 1 aliphatic carbocycles. The van der Waals surface area contributed by atoms with E-state index in [0.717, 1.165) is 12.8 Å². The van der Waals surface area contributed by atoms with Gasteiger partial charge in [0.15, 0.2) is 0 Å². The molecule has 10 heavy (non-hydrogen) atoms. The summed E-state index contributed by atoms with van der Waals surface area (Å²) in [5.74, 6) is -2.57. The summed E-state index contributed by atoms with van der Waals surface area (Å²) in [4.78, 5) is 0. The fraction of sp³-hybridized carbons (Fsp3) is 1.00. The van der Waals surface area contributed by atoms with Gasteiger partial charge in [0, 0.05) is 6.42 Å². The van der Waals surface area contributed by atoms with Crippen LogP contribution in [0.25, 0.3) is 0 Å². The van der Waals surface area contributed by atoms with Gasteiger partial charge in [0.2, 0.25) is 0 Å². The summed E-state index contributed by atoms with van der Waals surface area (Å²) >= 11 is 0. The van der Waals surface area contributed by atoms with Crippen molar-refractivity contribution in [3.05, 3.63) is 0 Å². The highest BCUT2D eigenvalue weighted by Gasteiger charge is 2.67. The fourth-order valence-corrected chi connectivity index (χ4v) is 1.12. The zero-order valence-corrected chi connectivity index (χ0v) is 6.16. The van der Waals surface area contributed by atoms with Crippen molar-refractivity contribution in [2.45, 2.75) is 44.1 Å². The van der Waals surface area contributed by atoms with Crippen LogP contribution in [0.4, 0.5) is 8.78 Å². The molecule has 1 nitrogen and oxygen atoms in total. The summed E-state index contributed by atoms with van der Waals surface area (Å²) in [6.45, 7) is 1.98. The molecule has 1 fully saturated rings. The molecule has 1 aliphatic rings. The first-order chi connectivity index (χ1) is 4.52. The van der Waals surface area contributed by atoms with Crippen molar-refractivity contribution in [2.75, 3.05) is 0 Å². The molecule has 0 aromatic rings. The number of unbranched alkanes of at least 4 members (excludes halogenated alkanes) is 1. The van der Waals surface area contributed by atoms with Crippen LogP contribution in [0.15, 0.2) is 0 Å². The highest BCUT2D eigenvalue weighted by Crippen LogP contribution is 2.53. The van der Waals surface area contributed by atoms with Crippen LogP contribution in [-0.4, -0.2) is 11.5 Å². The predicted molar refractivity (Wildman–Crippen MR) is 36.0 cm³/mol. The molecule has 0 amide bonds. The van der Waals surface area contributed by atoms with Gasteiger partial charge in [0.1, 0.15) is 0 Å². The summed E-state index contributed by atoms with van der Waals surface area (Å²) in [7, 11) is 0. The Labute approximate surface area is 59.6 Å². The fourth-order valence-electron chi connectivity index (χ4n) is 1.12. The predicted octanol–water partition coefficient (Wildman–Crippen LogP) is 1.91. The van der Waals surface area contributed by atoms with Crippen LogP contribution in [0.5, 0.6) is 0 Å². The quantitative estimate of drug-likeness (QED) is 0.651. The lowest BCUT2D eigenvalue weighted by Gasteiger charge is -2.07. The molecule has 3 heteroatoms. The van der Waals surface area contributed by atoms with Crippen LogP contribution in [0.3, 0.4) is 0 Å². The van der Waals surface area contributed by atoms with E-state index < -0.39 is 11.5 Å². The third kappa shape index (κ3) is 1.15. The largest absolute Gasteiger partial charge is 0.320 e. The average Bonchev–Trinajstić information content (AvgIpc) is 2.29. The number of hydrogen-bond donors (Lipinski definition) is 1. The van der Waals surface area contributed by atoms with Gasteiger partial charge < -0.3 is 5.73 Å². The zero-order chi connectivity index (χ0) is 7.83. The van der Waals surface area contributed by atoms with Crippen molar-refractivity contribution in [3.63, 3.8) is 0 Å². The Balaban J connectivity index is 2.30. The standard InChI is InChI=1S/C7H13F2N/c1-2-3-4-6(10)5-7(6,8)9/h2-5,10H2,1H3. The van der Waals surface area contributed by atoms with E-state index in [1.807, 2.05) is 6.92 Å². The Morgan fingerprint density at radius 2 is 2.00 bits per heavy atom. The van der Waals surface area contributed by atoms with Gasteiger partial charge in [-0.2, -0.15) is 0 Å². The second-order valence-corrected chi connectivity index (χ2v) is 3.14. The van der Waals surface area contributed by atoms with Crippen LogP contribution >= 0.6 is 0 Å². The maximum Gasteiger partial charge on any atom is 0.267 e. The van der Waals surface area contributed by atoms with Crippen LogP contribution in [0.2, 0.25) is 0 Å². The molecule has 0 aromatic heterocycles. The lowest BCUT2D eigenvalue weighted by Crippen LogP contribution is -2.29. The third-order valence-corrected chi connectivity index (χ3v) is 2.12. The summed E-state index contributed by atoms with van der Waals surface area (Å²) in [6, 6.07) is 0. The molecule has 0 saturated heterocycles.